The molecule has 0 aliphatic carbocycles. The quantitative estimate of drug-likeness (QED) is 0.662. The predicted octanol–water partition coefficient (Wildman–Crippen LogP) is 0.604. The van der Waals surface area contributed by atoms with Gasteiger partial charge in [0, 0.05) is 19.2 Å². The fraction of sp³-hybridized carbons (Fsp3) is 1.00. The van der Waals surface area contributed by atoms with Crippen molar-refractivity contribution in [3.8, 4) is 0 Å². The van der Waals surface area contributed by atoms with Gasteiger partial charge in [0.1, 0.15) is 0 Å². The molecule has 3 nitrogen and oxygen atoms in total. The molecule has 3 heteroatoms. The average molecular weight is 187 g/mol. The van der Waals surface area contributed by atoms with Gasteiger partial charge in [0.25, 0.3) is 0 Å². The normalized spacial score (nSPS) is 26.5. The molecule has 1 saturated heterocycles. The van der Waals surface area contributed by atoms with Crippen molar-refractivity contribution >= 4 is 0 Å². The van der Waals surface area contributed by atoms with Gasteiger partial charge in [0.05, 0.1) is 6.10 Å². The van der Waals surface area contributed by atoms with Crippen LogP contribution in [0, 0.1) is 0 Å². The van der Waals surface area contributed by atoms with E-state index in [4.69, 9.17) is 5.11 Å². The second-order valence-corrected chi connectivity index (χ2v) is 4.01. The van der Waals surface area contributed by atoms with E-state index in [-0.39, 0.29) is 6.10 Å². The molecule has 1 rings (SSSR count). The van der Waals surface area contributed by atoms with E-state index >= 15 is 0 Å². The second-order valence-electron chi connectivity index (χ2n) is 4.01. The highest BCUT2D eigenvalue weighted by Crippen LogP contribution is 2.21. The summed E-state index contributed by atoms with van der Waals surface area (Å²) in [6.45, 7) is 4.03. The first-order chi connectivity index (χ1) is 6.24. The number of hydrogen-bond acceptors (Lipinski definition) is 3. The lowest BCUT2D eigenvalue weighted by Crippen LogP contribution is -2.35. The SMILES string of the molecule is C[C@@H](O)CN1CCCC1CCCO. The largest absolute Gasteiger partial charge is 0.396 e. The summed E-state index contributed by atoms with van der Waals surface area (Å²) in [6.07, 6.45) is 4.20. The highest BCUT2D eigenvalue weighted by Gasteiger charge is 2.24. The van der Waals surface area contributed by atoms with Gasteiger partial charge >= 0.3 is 0 Å². The lowest BCUT2D eigenvalue weighted by atomic mass is 10.1. The van der Waals surface area contributed by atoms with E-state index in [2.05, 4.69) is 4.90 Å². The number of aliphatic hydroxyl groups excluding tert-OH is 2. The molecule has 2 N–H and O–H groups in total. The van der Waals surface area contributed by atoms with Gasteiger partial charge in [-0.3, -0.25) is 4.90 Å². The van der Waals surface area contributed by atoms with E-state index < -0.39 is 0 Å². The highest BCUT2D eigenvalue weighted by molar-refractivity contribution is 4.79. The molecule has 1 fully saturated rings. The van der Waals surface area contributed by atoms with E-state index in [0.717, 1.165) is 25.9 Å². The average Bonchev–Trinajstić information content (AvgIpc) is 2.48. The van der Waals surface area contributed by atoms with Crippen LogP contribution in [-0.2, 0) is 0 Å². The monoisotopic (exact) mass is 187 g/mol. The number of likely N-dealkylation sites (tertiary alicyclic amines) is 1. The molecule has 13 heavy (non-hydrogen) atoms. The Labute approximate surface area is 80.4 Å². The molecular weight excluding hydrogens is 166 g/mol. The molecule has 2 atom stereocenters. The Morgan fingerprint density at radius 3 is 2.92 bits per heavy atom. The molecule has 1 aliphatic rings. The van der Waals surface area contributed by atoms with Crippen molar-refractivity contribution in [3.05, 3.63) is 0 Å². The second kappa shape index (κ2) is 5.58. The summed E-state index contributed by atoms with van der Waals surface area (Å²) in [7, 11) is 0. The van der Waals surface area contributed by atoms with Gasteiger partial charge in [-0.25, -0.2) is 0 Å². The van der Waals surface area contributed by atoms with Gasteiger partial charge in [0.15, 0.2) is 0 Å². The van der Waals surface area contributed by atoms with E-state index in [9.17, 15) is 5.11 Å². The lowest BCUT2D eigenvalue weighted by Gasteiger charge is -2.25. The summed E-state index contributed by atoms with van der Waals surface area (Å²) >= 11 is 0. The molecule has 78 valence electrons. The van der Waals surface area contributed by atoms with Crippen molar-refractivity contribution < 1.29 is 10.2 Å². The van der Waals surface area contributed by atoms with Crippen molar-refractivity contribution in [1.29, 1.82) is 0 Å². The molecule has 1 unspecified atom stereocenters. The van der Waals surface area contributed by atoms with Gasteiger partial charge in [-0.1, -0.05) is 0 Å². The van der Waals surface area contributed by atoms with Crippen LogP contribution in [0.5, 0.6) is 0 Å². The third-order valence-electron chi connectivity index (χ3n) is 2.69. The maximum absolute atomic E-state index is 9.26. The Hall–Kier alpha value is -0.120. The summed E-state index contributed by atoms with van der Waals surface area (Å²) < 4.78 is 0. The molecule has 0 aromatic heterocycles. The van der Waals surface area contributed by atoms with Crippen LogP contribution in [0.3, 0.4) is 0 Å². The van der Waals surface area contributed by atoms with Crippen molar-refractivity contribution in [2.75, 3.05) is 19.7 Å². The molecule has 0 saturated carbocycles. The summed E-state index contributed by atoms with van der Waals surface area (Å²) in [5, 5.41) is 18.0. The predicted molar refractivity (Wildman–Crippen MR) is 52.6 cm³/mol. The molecule has 0 aromatic rings. The summed E-state index contributed by atoms with van der Waals surface area (Å²) in [4.78, 5) is 2.35. The van der Waals surface area contributed by atoms with Gasteiger partial charge < -0.3 is 10.2 Å². The zero-order chi connectivity index (χ0) is 9.68. The van der Waals surface area contributed by atoms with Crippen LogP contribution in [0.2, 0.25) is 0 Å². The summed E-state index contributed by atoms with van der Waals surface area (Å²) in [6, 6.07) is 0.599. The van der Waals surface area contributed by atoms with E-state index in [1.54, 1.807) is 0 Å². The molecule has 1 heterocycles. The smallest absolute Gasteiger partial charge is 0.0639 e. The van der Waals surface area contributed by atoms with Crippen LogP contribution in [0.4, 0.5) is 0 Å². The maximum Gasteiger partial charge on any atom is 0.0639 e. The van der Waals surface area contributed by atoms with Gasteiger partial charge in [-0.15, -0.1) is 0 Å². The Morgan fingerprint density at radius 1 is 1.54 bits per heavy atom. The van der Waals surface area contributed by atoms with Crippen molar-refractivity contribution in [3.63, 3.8) is 0 Å². The fourth-order valence-corrected chi connectivity index (χ4v) is 2.13. The van der Waals surface area contributed by atoms with Crippen LogP contribution in [0.15, 0.2) is 0 Å². The number of β-amino-alcohol motifs (C(OH)–C–C–N with tert-alkyl or cyclic N) is 1. The van der Waals surface area contributed by atoms with Crippen molar-refractivity contribution in [1.82, 2.24) is 4.90 Å². The molecule has 0 radical (unpaired) electrons. The molecule has 0 aromatic carbocycles. The molecule has 0 bridgehead atoms. The van der Waals surface area contributed by atoms with E-state index in [1.165, 1.54) is 12.8 Å². The third kappa shape index (κ3) is 3.63. The first-order valence-electron chi connectivity index (χ1n) is 5.27. The fourth-order valence-electron chi connectivity index (χ4n) is 2.13. The summed E-state index contributed by atoms with van der Waals surface area (Å²) in [5.74, 6) is 0. The Balaban J connectivity index is 2.26. The molecule has 1 aliphatic heterocycles. The minimum Gasteiger partial charge on any atom is -0.396 e. The maximum atomic E-state index is 9.26. The Kier molecular flexibility index (Phi) is 4.70. The first-order valence-corrected chi connectivity index (χ1v) is 5.27. The van der Waals surface area contributed by atoms with E-state index in [0.29, 0.717) is 12.6 Å². The number of hydrogen-bond donors (Lipinski definition) is 2. The van der Waals surface area contributed by atoms with Crippen LogP contribution < -0.4 is 0 Å². The van der Waals surface area contributed by atoms with Crippen LogP contribution >= 0.6 is 0 Å². The number of aliphatic hydroxyl groups is 2. The Bertz CT molecular complexity index is 139. The van der Waals surface area contributed by atoms with Gasteiger partial charge in [0.2, 0.25) is 0 Å². The first kappa shape index (κ1) is 11.0. The molecule has 0 amide bonds. The Morgan fingerprint density at radius 2 is 2.31 bits per heavy atom. The van der Waals surface area contributed by atoms with Crippen molar-refractivity contribution in [2.24, 2.45) is 0 Å². The lowest BCUT2D eigenvalue weighted by molar-refractivity contribution is 0.114. The van der Waals surface area contributed by atoms with Crippen LogP contribution in [0.1, 0.15) is 32.6 Å². The molecular formula is C10H21NO2. The van der Waals surface area contributed by atoms with E-state index in [1.807, 2.05) is 6.92 Å². The standard InChI is InChI=1S/C10H21NO2/c1-9(13)8-11-6-2-4-10(11)5-3-7-12/h9-10,12-13H,2-8H2,1H3/t9-,10?/m1/s1. The third-order valence-corrected chi connectivity index (χ3v) is 2.69. The van der Waals surface area contributed by atoms with Crippen LogP contribution in [0.25, 0.3) is 0 Å². The zero-order valence-corrected chi connectivity index (χ0v) is 8.45. The van der Waals surface area contributed by atoms with Crippen molar-refractivity contribution in [2.45, 2.75) is 44.8 Å². The minimum absolute atomic E-state index is 0.227. The topological polar surface area (TPSA) is 43.7 Å². The van der Waals surface area contributed by atoms with Gasteiger partial charge in [-0.05, 0) is 39.2 Å². The molecule has 0 spiro atoms. The number of nitrogens with zero attached hydrogens (tertiary/aromatic N) is 1. The minimum atomic E-state index is -0.227. The number of rotatable bonds is 5. The zero-order valence-electron chi connectivity index (χ0n) is 8.45. The summed E-state index contributed by atoms with van der Waals surface area (Å²) in [5.41, 5.74) is 0. The highest BCUT2D eigenvalue weighted by atomic mass is 16.3. The van der Waals surface area contributed by atoms with Crippen LogP contribution in [-0.4, -0.2) is 47.0 Å². The van der Waals surface area contributed by atoms with Gasteiger partial charge in [-0.2, -0.15) is 0 Å².